The van der Waals surface area contributed by atoms with Crippen LogP contribution in [0.1, 0.15) is 59.1 Å². The Morgan fingerprint density at radius 1 is 1.07 bits per heavy atom. The van der Waals surface area contributed by atoms with Crippen molar-refractivity contribution in [1.29, 1.82) is 0 Å². The van der Waals surface area contributed by atoms with E-state index in [0.717, 1.165) is 29.1 Å². The molecular weight excluding hydrogens is 336 g/mol. The summed E-state index contributed by atoms with van der Waals surface area (Å²) in [6, 6.07) is 17.3. The third-order valence-corrected chi connectivity index (χ3v) is 4.99. The Labute approximate surface area is 160 Å². The van der Waals surface area contributed by atoms with Crippen LogP contribution in [0.2, 0.25) is 0 Å². The van der Waals surface area contributed by atoms with E-state index in [0.29, 0.717) is 18.1 Å². The number of aryl methyl sites for hydroxylation is 1. The van der Waals surface area contributed by atoms with E-state index in [9.17, 15) is 4.79 Å². The maximum Gasteiger partial charge on any atom is 0.278 e. The Balaban J connectivity index is 1.74. The number of carbonyl (C=O) groups is 1. The maximum atomic E-state index is 12.9. The molecule has 0 radical (unpaired) electrons. The number of benzene rings is 2. The summed E-state index contributed by atoms with van der Waals surface area (Å²) < 4.78 is 7.32. The summed E-state index contributed by atoms with van der Waals surface area (Å²) in [5.41, 5.74) is 4.74. The van der Waals surface area contributed by atoms with Crippen LogP contribution in [-0.4, -0.2) is 15.7 Å². The van der Waals surface area contributed by atoms with Crippen molar-refractivity contribution in [1.82, 2.24) is 9.78 Å². The highest BCUT2D eigenvalue weighted by Crippen LogP contribution is 2.26. The SMILES string of the molecule is CCC(C)c1c(C)nn(C(=O)c2ccc(OCc3ccccc3)cc2)c1C. The summed E-state index contributed by atoms with van der Waals surface area (Å²) in [6.07, 6.45) is 1.02. The highest BCUT2D eigenvalue weighted by molar-refractivity contribution is 5.96. The van der Waals surface area contributed by atoms with Gasteiger partial charge in [0.25, 0.3) is 5.91 Å². The first kappa shape index (κ1) is 18.9. The molecule has 0 fully saturated rings. The monoisotopic (exact) mass is 362 g/mol. The first-order chi connectivity index (χ1) is 13.0. The van der Waals surface area contributed by atoms with Crippen molar-refractivity contribution >= 4 is 5.91 Å². The van der Waals surface area contributed by atoms with Crippen molar-refractivity contribution in [2.24, 2.45) is 0 Å². The molecule has 1 atom stereocenters. The molecule has 0 saturated heterocycles. The molecule has 0 aliphatic rings. The number of hydrogen-bond donors (Lipinski definition) is 0. The zero-order valence-electron chi connectivity index (χ0n) is 16.4. The van der Waals surface area contributed by atoms with Gasteiger partial charge in [-0.05, 0) is 61.6 Å². The van der Waals surface area contributed by atoms with Crippen molar-refractivity contribution in [3.05, 3.63) is 82.7 Å². The summed E-state index contributed by atoms with van der Waals surface area (Å²) in [5.74, 6) is 1.02. The van der Waals surface area contributed by atoms with E-state index < -0.39 is 0 Å². The topological polar surface area (TPSA) is 44.1 Å². The lowest BCUT2D eigenvalue weighted by Crippen LogP contribution is -2.15. The predicted octanol–water partition coefficient (Wildman–Crippen LogP) is 5.28. The fourth-order valence-electron chi connectivity index (χ4n) is 3.33. The molecule has 0 saturated carbocycles. The molecule has 2 aromatic carbocycles. The Kier molecular flexibility index (Phi) is 5.75. The molecule has 4 heteroatoms. The van der Waals surface area contributed by atoms with Gasteiger partial charge in [-0.15, -0.1) is 0 Å². The molecule has 140 valence electrons. The molecule has 0 aliphatic carbocycles. The van der Waals surface area contributed by atoms with Gasteiger partial charge >= 0.3 is 0 Å². The number of rotatable bonds is 6. The van der Waals surface area contributed by atoms with E-state index in [2.05, 4.69) is 18.9 Å². The molecule has 3 rings (SSSR count). The summed E-state index contributed by atoms with van der Waals surface area (Å²) in [4.78, 5) is 12.9. The number of nitrogens with zero attached hydrogens (tertiary/aromatic N) is 2. The third kappa shape index (κ3) is 4.11. The molecule has 0 amide bonds. The molecule has 3 aromatic rings. The number of ether oxygens (including phenoxy) is 1. The second kappa shape index (κ2) is 8.21. The van der Waals surface area contributed by atoms with E-state index in [1.54, 1.807) is 12.1 Å². The summed E-state index contributed by atoms with van der Waals surface area (Å²) in [7, 11) is 0. The highest BCUT2D eigenvalue weighted by Gasteiger charge is 2.20. The lowest BCUT2D eigenvalue weighted by atomic mass is 9.97. The Morgan fingerprint density at radius 2 is 1.74 bits per heavy atom. The number of carbonyl (C=O) groups excluding carboxylic acids is 1. The van der Waals surface area contributed by atoms with Gasteiger partial charge in [0.05, 0.1) is 5.69 Å². The van der Waals surface area contributed by atoms with E-state index >= 15 is 0 Å². The van der Waals surface area contributed by atoms with Gasteiger partial charge in [-0.25, -0.2) is 4.68 Å². The number of aromatic nitrogens is 2. The summed E-state index contributed by atoms with van der Waals surface area (Å²) in [5, 5.41) is 4.49. The normalized spacial score (nSPS) is 12.0. The van der Waals surface area contributed by atoms with E-state index in [1.807, 2.05) is 56.3 Å². The molecule has 27 heavy (non-hydrogen) atoms. The van der Waals surface area contributed by atoms with Crippen molar-refractivity contribution in [2.75, 3.05) is 0 Å². The Morgan fingerprint density at radius 3 is 2.37 bits per heavy atom. The van der Waals surface area contributed by atoms with Gasteiger partial charge in [-0.2, -0.15) is 5.10 Å². The molecule has 0 aliphatic heterocycles. The minimum Gasteiger partial charge on any atom is -0.489 e. The number of hydrogen-bond acceptors (Lipinski definition) is 3. The van der Waals surface area contributed by atoms with Gasteiger partial charge in [0.1, 0.15) is 12.4 Å². The maximum absolute atomic E-state index is 12.9. The fourth-order valence-corrected chi connectivity index (χ4v) is 3.33. The average molecular weight is 362 g/mol. The van der Waals surface area contributed by atoms with Crippen LogP contribution < -0.4 is 4.74 Å². The third-order valence-electron chi connectivity index (χ3n) is 4.99. The molecule has 4 nitrogen and oxygen atoms in total. The smallest absolute Gasteiger partial charge is 0.278 e. The minimum absolute atomic E-state index is 0.111. The van der Waals surface area contributed by atoms with Crippen molar-refractivity contribution in [3.8, 4) is 5.75 Å². The van der Waals surface area contributed by atoms with Gasteiger partial charge in [-0.1, -0.05) is 44.2 Å². The zero-order valence-corrected chi connectivity index (χ0v) is 16.4. The fraction of sp³-hybridized carbons (Fsp3) is 0.304. The van der Waals surface area contributed by atoms with E-state index in [-0.39, 0.29) is 5.91 Å². The minimum atomic E-state index is -0.111. The van der Waals surface area contributed by atoms with Gasteiger partial charge in [0.2, 0.25) is 0 Å². The zero-order chi connectivity index (χ0) is 19.4. The Hall–Kier alpha value is -2.88. The van der Waals surface area contributed by atoms with Crippen LogP contribution in [0.15, 0.2) is 54.6 Å². The van der Waals surface area contributed by atoms with Crippen molar-refractivity contribution in [2.45, 2.75) is 46.6 Å². The van der Waals surface area contributed by atoms with E-state index in [4.69, 9.17) is 4.74 Å². The molecule has 1 unspecified atom stereocenters. The quantitative estimate of drug-likeness (QED) is 0.599. The highest BCUT2D eigenvalue weighted by atomic mass is 16.5. The van der Waals surface area contributed by atoms with Gasteiger partial charge in [-0.3, -0.25) is 4.79 Å². The average Bonchev–Trinajstić information content (AvgIpc) is 3.00. The lowest BCUT2D eigenvalue weighted by Gasteiger charge is -2.10. The van der Waals surface area contributed by atoms with Crippen LogP contribution >= 0.6 is 0 Å². The van der Waals surface area contributed by atoms with Gasteiger partial charge in [0, 0.05) is 11.3 Å². The van der Waals surface area contributed by atoms with Gasteiger partial charge in [0.15, 0.2) is 0 Å². The molecule has 1 heterocycles. The van der Waals surface area contributed by atoms with Gasteiger partial charge < -0.3 is 4.74 Å². The molecule has 0 N–H and O–H groups in total. The molecular formula is C23H26N2O2. The lowest BCUT2D eigenvalue weighted by molar-refractivity contribution is 0.0942. The van der Waals surface area contributed by atoms with Crippen molar-refractivity contribution in [3.63, 3.8) is 0 Å². The summed E-state index contributed by atoms with van der Waals surface area (Å²) in [6.45, 7) is 8.76. The summed E-state index contributed by atoms with van der Waals surface area (Å²) >= 11 is 0. The van der Waals surface area contributed by atoms with Crippen LogP contribution in [0.25, 0.3) is 0 Å². The van der Waals surface area contributed by atoms with Crippen molar-refractivity contribution < 1.29 is 9.53 Å². The van der Waals surface area contributed by atoms with Crippen LogP contribution in [0.4, 0.5) is 0 Å². The largest absolute Gasteiger partial charge is 0.489 e. The molecule has 0 spiro atoms. The van der Waals surface area contributed by atoms with Crippen LogP contribution in [0.5, 0.6) is 5.75 Å². The van der Waals surface area contributed by atoms with E-state index in [1.165, 1.54) is 10.2 Å². The predicted molar refractivity (Wildman–Crippen MR) is 107 cm³/mol. The van der Waals surface area contributed by atoms with Crippen LogP contribution in [-0.2, 0) is 6.61 Å². The van der Waals surface area contributed by atoms with Crippen LogP contribution in [0.3, 0.4) is 0 Å². The second-order valence-electron chi connectivity index (χ2n) is 6.91. The first-order valence-corrected chi connectivity index (χ1v) is 9.38. The molecule has 1 aromatic heterocycles. The van der Waals surface area contributed by atoms with Crippen LogP contribution in [0, 0.1) is 13.8 Å². The standard InChI is InChI=1S/C23H26N2O2/c1-5-16(2)22-17(3)24-25(18(22)4)23(26)20-11-13-21(14-12-20)27-15-19-9-7-6-8-10-19/h6-14,16H,5,15H2,1-4H3. The molecule has 0 bridgehead atoms. The second-order valence-corrected chi connectivity index (χ2v) is 6.91. The first-order valence-electron chi connectivity index (χ1n) is 9.38. The Bertz CT molecular complexity index is 912.